The van der Waals surface area contributed by atoms with Crippen molar-refractivity contribution in [1.82, 2.24) is 5.32 Å². The van der Waals surface area contributed by atoms with Crippen molar-refractivity contribution in [1.29, 1.82) is 0 Å². The lowest BCUT2D eigenvalue weighted by Gasteiger charge is -2.23. The van der Waals surface area contributed by atoms with Gasteiger partial charge < -0.3 is 15.0 Å². The number of rotatable bonds is 6. The average molecular weight is 462 g/mol. The van der Waals surface area contributed by atoms with E-state index < -0.39 is 12.1 Å². The fraction of sp³-hybridized carbons (Fsp3) is 0.103. The molecule has 35 heavy (non-hydrogen) atoms. The molecule has 0 saturated heterocycles. The maximum atomic E-state index is 13.5. The van der Waals surface area contributed by atoms with Gasteiger partial charge in [-0.3, -0.25) is 9.59 Å². The number of aliphatic imine (C=N–C) groups is 1. The minimum Gasteiger partial charge on any atom is -0.326 e. The lowest BCUT2D eigenvalue weighted by atomic mass is 10.0. The highest BCUT2D eigenvalue weighted by molar-refractivity contribution is 6.20. The van der Waals surface area contributed by atoms with Gasteiger partial charge in [0.05, 0.1) is 24.4 Å². The largest absolute Gasteiger partial charge is 0.326 e. The number of benzodiazepines with no additional fused rings is 1. The first-order chi connectivity index (χ1) is 17.1. The molecule has 0 radical (unpaired) electrons. The van der Waals surface area contributed by atoms with Crippen molar-refractivity contribution in [2.75, 3.05) is 11.4 Å². The van der Waals surface area contributed by atoms with Crippen molar-refractivity contribution in [3.63, 3.8) is 0 Å². The SMILES string of the molecule is O=CCN1C(=O)C(NC(=O)Cc2ccc3ccccc3c2)N=C(c2ccccc2)c2ccccc21. The van der Waals surface area contributed by atoms with Gasteiger partial charge in [-0.15, -0.1) is 0 Å². The first-order valence-corrected chi connectivity index (χ1v) is 11.4. The second-order valence-corrected chi connectivity index (χ2v) is 8.30. The number of anilines is 1. The number of aldehydes is 1. The standard InChI is InChI=1S/C29H23N3O3/c33-17-16-32-25-13-7-6-12-24(25)27(22-9-2-1-3-10-22)31-28(29(32)35)30-26(34)19-20-14-15-21-8-4-5-11-23(21)18-20/h1-15,17-18,28H,16,19H2,(H,30,34). The normalized spacial score (nSPS) is 15.2. The topological polar surface area (TPSA) is 78.8 Å². The van der Waals surface area contributed by atoms with Crippen molar-refractivity contribution in [3.05, 3.63) is 114 Å². The monoisotopic (exact) mass is 461 g/mol. The minimum absolute atomic E-state index is 0.103. The molecule has 0 bridgehead atoms. The lowest BCUT2D eigenvalue weighted by Crippen LogP contribution is -2.48. The molecular formula is C29H23N3O3. The van der Waals surface area contributed by atoms with Crippen LogP contribution in [0.1, 0.15) is 16.7 Å². The van der Waals surface area contributed by atoms with E-state index >= 15 is 0 Å². The number of benzene rings is 4. The van der Waals surface area contributed by atoms with Gasteiger partial charge in [0, 0.05) is 11.1 Å². The Morgan fingerprint density at radius 1 is 0.886 bits per heavy atom. The molecule has 0 spiro atoms. The molecule has 172 valence electrons. The molecule has 1 aliphatic heterocycles. The van der Waals surface area contributed by atoms with Gasteiger partial charge in [-0.1, -0.05) is 91.0 Å². The molecule has 0 fully saturated rings. The van der Waals surface area contributed by atoms with E-state index in [1.807, 2.05) is 91.0 Å². The molecule has 6 heteroatoms. The number of carbonyl (C=O) groups is 3. The predicted molar refractivity (Wildman–Crippen MR) is 137 cm³/mol. The maximum absolute atomic E-state index is 13.5. The first-order valence-electron chi connectivity index (χ1n) is 11.4. The fourth-order valence-corrected chi connectivity index (χ4v) is 4.35. The number of carbonyl (C=O) groups excluding carboxylic acids is 3. The Kier molecular flexibility index (Phi) is 6.18. The highest BCUT2D eigenvalue weighted by Crippen LogP contribution is 2.28. The number of fused-ring (bicyclic) bond motifs is 2. The molecular weight excluding hydrogens is 438 g/mol. The van der Waals surface area contributed by atoms with Gasteiger partial charge in [0.2, 0.25) is 12.1 Å². The van der Waals surface area contributed by atoms with Gasteiger partial charge in [-0.05, 0) is 22.4 Å². The van der Waals surface area contributed by atoms with Gasteiger partial charge in [-0.2, -0.15) is 0 Å². The quantitative estimate of drug-likeness (QED) is 0.442. The number of hydrogen-bond acceptors (Lipinski definition) is 4. The van der Waals surface area contributed by atoms with Crippen LogP contribution in [-0.4, -0.2) is 36.5 Å². The molecule has 1 N–H and O–H groups in total. The molecule has 1 atom stereocenters. The zero-order valence-corrected chi connectivity index (χ0v) is 18.9. The van der Waals surface area contributed by atoms with E-state index in [0.717, 1.165) is 27.5 Å². The van der Waals surface area contributed by atoms with Crippen LogP contribution >= 0.6 is 0 Å². The summed E-state index contributed by atoms with van der Waals surface area (Å²) in [7, 11) is 0. The smallest absolute Gasteiger partial charge is 0.272 e. The third-order valence-electron chi connectivity index (χ3n) is 5.99. The Morgan fingerprint density at radius 2 is 1.60 bits per heavy atom. The molecule has 0 aliphatic carbocycles. The van der Waals surface area contributed by atoms with E-state index in [1.165, 1.54) is 4.90 Å². The molecule has 4 aromatic rings. The maximum Gasteiger partial charge on any atom is 0.272 e. The Labute approximate surface area is 202 Å². The van der Waals surface area contributed by atoms with Gasteiger partial charge in [0.15, 0.2) is 0 Å². The highest BCUT2D eigenvalue weighted by Gasteiger charge is 2.32. The van der Waals surface area contributed by atoms with Gasteiger partial charge >= 0.3 is 0 Å². The van der Waals surface area contributed by atoms with Gasteiger partial charge in [0.25, 0.3) is 5.91 Å². The number of nitrogens with one attached hydrogen (secondary N) is 1. The van der Waals surface area contributed by atoms with Crippen LogP contribution in [0.5, 0.6) is 0 Å². The second kappa shape index (κ2) is 9.73. The predicted octanol–water partition coefficient (Wildman–Crippen LogP) is 3.91. The Balaban J connectivity index is 1.49. The Bertz CT molecular complexity index is 1450. The molecule has 0 saturated carbocycles. The van der Waals surface area contributed by atoms with Crippen LogP contribution in [0.25, 0.3) is 10.8 Å². The Morgan fingerprint density at radius 3 is 2.40 bits per heavy atom. The summed E-state index contributed by atoms with van der Waals surface area (Å²) in [4.78, 5) is 44.1. The van der Waals surface area contributed by atoms with Gasteiger partial charge in [-0.25, -0.2) is 4.99 Å². The number of para-hydroxylation sites is 1. The Hall–Kier alpha value is -4.58. The van der Waals surface area contributed by atoms with Crippen LogP contribution in [0.3, 0.4) is 0 Å². The van der Waals surface area contributed by atoms with Crippen LogP contribution in [0, 0.1) is 0 Å². The van der Waals surface area contributed by atoms with Crippen molar-refractivity contribution < 1.29 is 14.4 Å². The highest BCUT2D eigenvalue weighted by atomic mass is 16.2. The van der Waals surface area contributed by atoms with Crippen LogP contribution in [0.2, 0.25) is 0 Å². The minimum atomic E-state index is -1.16. The van der Waals surface area contributed by atoms with E-state index in [-0.39, 0.29) is 18.9 Å². The summed E-state index contributed by atoms with van der Waals surface area (Å²) >= 11 is 0. The molecule has 1 unspecified atom stereocenters. The molecule has 1 aliphatic rings. The molecule has 4 aromatic carbocycles. The van der Waals surface area contributed by atoms with Crippen LogP contribution in [0.4, 0.5) is 5.69 Å². The summed E-state index contributed by atoms with van der Waals surface area (Å²) in [5.74, 6) is -0.783. The van der Waals surface area contributed by atoms with Crippen molar-refractivity contribution in [2.24, 2.45) is 4.99 Å². The lowest BCUT2D eigenvalue weighted by molar-refractivity contribution is -0.127. The second-order valence-electron chi connectivity index (χ2n) is 8.30. The van der Waals surface area contributed by atoms with E-state index in [4.69, 9.17) is 4.99 Å². The van der Waals surface area contributed by atoms with Crippen molar-refractivity contribution >= 4 is 40.3 Å². The summed E-state index contributed by atoms with van der Waals surface area (Å²) in [5.41, 5.74) is 3.54. The molecule has 0 aromatic heterocycles. The molecule has 5 rings (SSSR count). The number of nitrogens with zero attached hydrogens (tertiary/aromatic N) is 2. The average Bonchev–Trinajstić information content (AvgIpc) is 3.00. The molecule has 2 amide bonds. The first kappa shape index (κ1) is 22.2. The van der Waals surface area contributed by atoms with Crippen molar-refractivity contribution in [3.8, 4) is 0 Å². The summed E-state index contributed by atoms with van der Waals surface area (Å²) in [6.07, 6.45) is -0.382. The summed E-state index contributed by atoms with van der Waals surface area (Å²) < 4.78 is 0. The number of amides is 2. The fourth-order valence-electron chi connectivity index (χ4n) is 4.35. The summed E-state index contributed by atoms with van der Waals surface area (Å²) in [6, 6.07) is 30.6. The third-order valence-corrected chi connectivity index (χ3v) is 5.99. The molecule has 6 nitrogen and oxygen atoms in total. The van der Waals surface area contributed by atoms with Crippen LogP contribution in [-0.2, 0) is 20.8 Å². The van der Waals surface area contributed by atoms with Gasteiger partial charge in [0.1, 0.15) is 6.29 Å². The molecule has 1 heterocycles. The van der Waals surface area contributed by atoms with E-state index in [1.54, 1.807) is 6.07 Å². The summed E-state index contributed by atoms with van der Waals surface area (Å²) in [5, 5.41) is 4.93. The van der Waals surface area contributed by atoms with Crippen LogP contribution in [0.15, 0.2) is 102 Å². The van der Waals surface area contributed by atoms with E-state index in [0.29, 0.717) is 17.7 Å². The third kappa shape index (κ3) is 4.59. The van der Waals surface area contributed by atoms with Crippen molar-refractivity contribution in [2.45, 2.75) is 12.6 Å². The number of hydrogen-bond donors (Lipinski definition) is 1. The van der Waals surface area contributed by atoms with E-state index in [9.17, 15) is 14.4 Å². The van der Waals surface area contributed by atoms with E-state index in [2.05, 4.69) is 5.32 Å². The zero-order valence-electron chi connectivity index (χ0n) is 18.9. The zero-order chi connectivity index (χ0) is 24.2. The summed E-state index contributed by atoms with van der Waals surface area (Å²) in [6.45, 7) is -0.134. The van der Waals surface area contributed by atoms with Crippen LogP contribution < -0.4 is 10.2 Å².